The highest BCUT2D eigenvalue weighted by Crippen LogP contribution is 2.37. The summed E-state index contributed by atoms with van der Waals surface area (Å²) in [6, 6.07) is 5.30. The quantitative estimate of drug-likeness (QED) is 0.558. The number of benzene rings is 1. The molecule has 0 spiro atoms. The molecule has 10 nitrogen and oxygen atoms in total. The first-order valence-corrected chi connectivity index (χ1v) is 15.0. The number of carbonyl (C=O) groups is 3. The molecule has 0 atom stereocenters. The number of rotatable bonds is 6. The molecule has 2 aromatic rings. The molecule has 2 N–H and O–H groups in total. The average molecular weight is 562 g/mol. The van der Waals surface area contributed by atoms with Crippen molar-refractivity contribution in [2.45, 2.75) is 56.0 Å². The maximum absolute atomic E-state index is 13.2. The molecule has 1 aromatic heterocycles. The first-order chi connectivity index (χ1) is 18.0. The molecule has 1 aliphatic heterocycles. The topological polar surface area (TPSA) is 119 Å². The summed E-state index contributed by atoms with van der Waals surface area (Å²) in [7, 11) is 3.01. The Morgan fingerprint density at radius 3 is 2.29 bits per heavy atom. The first-order valence-electron chi connectivity index (χ1n) is 12.7. The molecule has 0 unspecified atom stereocenters. The Balaban J connectivity index is 1.55. The maximum Gasteiger partial charge on any atom is 0.323 e. The summed E-state index contributed by atoms with van der Waals surface area (Å²) in [6.07, 6.45) is 5.51. The van der Waals surface area contributed by atoms with E-state index in [-0.39, 0.29) is 16.5 Å². The average Bonchev–Trinajstić information content (AvgIpc) is 3.25. The predicted octanol–water partition coefficient (Wildman–Crippen LogP) is 3.35. The van der Waals surface area contributed by atoms with Crippen molar-refractivity contribution in [2.75, 3.05) is 40.1 Å². The lowest BCUT2D eigenvalue weighted by atomic mass is 9.96. The summed E-state index contributed by atoms with van der Waals surface area (Å²) in [5, 5.41) is 5.58. The minimum atomic E-state index is -3.67. The van der Waals surface area contributed by atoms with Crippen LogP contribution in [-0.2, 0) is 23.0 Å². The van der Waals surface area contributed by atoms with E-state index in [0.29, 0.717) is 23.5 Å². The van der Waals surface area contributed by atoms with Gasteiger partial charge in [-0.25, -0.2) is 13.2 Å². The summed E-state index contributed by atoms with van der Waals surface area (Å²) in [5.41, 5.74) is 1.40. The zero-order chi connectivity index (χ0) is 27.6. The van der Waals surface area contributed by atoms with Crippen molar-refractivity contribution in [3.8, 4) is 0 Å². The lowest BCUT2D eigenvalue weighted by molar-refractivity contribution is 0.0956. The first kappa shape index (κ1) is 28.2. The van der Waals surface area contributed by atoms with Crippen molar-refractivity contribution >= 4 is 44.2 Å². The molecule has 1 aliphatic carbocycles. The number of sulfonamides is 1. The van der Waals surface area contributed by atoms with Crippen LogP contribution in [-0.4, -0.2) is 81.1 Å². The number of imide groups is 1. The van der Waals surface area contributed by atoms with Crippen LogP contribution in [0.15, 0.2) is 29.2 Å². The Morgan fingerprint density at radius 2 is 1.66 bits per heavy atom. The number of anilines is 1. The second-order valence-corrected chi connectivity index (χ2v) is 13.2. The number of nitrogens with one attached hydrogen (secondary N) is 2. The van der Waals surface area contributed by atoms with Crippen molar-refractivity contribution in [1.82, 2.24) is 19.4 Å². The molecule has 1 fully saturated rings. The van der Waals surface area contributed by atoms with Gasteiger partial charge in [-0.05, 0) is 56.1 Å². The summed E-state index contributed by atoms with van der Waals surface area (Å²) in [4.78, 5) is 42.9. The zero-order valence-electron chi connectivity index (χ0n) is 22.2. The SMILES string of the molecule is CN1CCc2c(sc(NC(=O)c3ccc(S(=O)(=O)N(C)C4CCCCC4)cc3)c2C(=O)NC(=O)N(C)C)C1. The van der Waals surface area contributed by atoms with Gasteiger partial charge in [-0.1, -0.05) is 19.3 Å². The highest BCUT2D eigenvalue weighted by Gasteiger charge is 2.31. The van der Waals surface area contributed by atoms with Crippen LogP contribution >= 0.6 is 11.3 Å². The molecule has 38 heavy (non-hydrogen) atoms. The van der Waals surface area contributed by atoms with Crippen LogP contribution in [0.2, 0.25) is 0 Å². The van der Waals surface area contributed by atoms with Crippen LogP contribution in [0, 0.1) is 0 Å². The van der Waals surface area contributed by atoms with Gasteiger partial charge in [-0.15, -0.1) is 11.3 Å². The normalized spacial score (nSPS) is 16.7. The third-order valence-corrected chi connectivity index (χ3v) is 10.3. The number of amides is 4. The van der Waals surface area contributed by atoms with Crippen molar-refractivity contribution in [3.05, 3.63) is 45.8 Å². The van der Waals surface area contributed by atoms with Crippen LogP contribution in [0.3, 0.4) is 0 Å². The van der Waals surface area contributed by atoms with Crippen LogP contribution in [0.4, 0.5) is 9.80 Å². The van der Waals surface area contributed by atoms with Crippen LogP contribution in [0.5, 0.6) is 0 Å². The molecule has 0 radical (unpaired) electrons. The Labute approximate surface area is 228 Å². The molecule has 1 aromatic carbocycles. The van der Waals surface area contributed by atoms with E-state index in [9.17, 15) is 22.8 Å². The van der Waals surface area contributed by atoms with E-state index in [1.54, 1.807) is 21.1 Å². The van der Waals surface area contributed by atoms with Gasteiger partial charge >= 0.3 is 6.03 Å². The molecule has 12 heteroatoms. The molecular weight excluding hydrogens is 526 g/mol. The number of likely N-dealkylation sites (N-methyl/N-ethyl adjacent to an activating group) is 1. The molecule has 4 amide bonds. The van der Waals surface area contributed by atoms with Gasteiger partial charge in [0.2, 0.25) is 10.0 Å². The Hall–Kier alpha value is -2.80. The monoisotopic (exact) mass is 561 g/mol. The minimum Gasteiger partial charge on any atom is -0.331 e. The molecule has 2 aliphatic rings. The van der Waals surface area contributed by atoms with Gasteiger partial charge in [0.05, 0.1) is 10.5 Å². The van der Waals surface area contributed by atoms with Gasteiger partial charge in [-0.2, -0.15) is 4.31 Å². The lowest BCUT2D eigenvalue weighted by Crippen LogP contribution is -2.39. The Kier molecular flexibility index (Phi) is 8.55. The number of thiophene rings is 1. The zero-order valence-corrected chi connectivity index (χ0v) is 23.9. The van der Waals surface area contributed by atoms with Gasteiger partial charge in [0.25, 0.3) is 11.8 Å². The van der Waals surface area contributed by atoms with Crippen LogP contribution in [0.1, 0.15) is 63.3 Å². The van der Waals surface area contributed by atoms with Crippen molar-refractivity contribution in [2.24, 2.45) is 0 Å². The minimum absolute atomic E-state index is 0.00965. The summed E-state index contributed by atoms with van der Waals surface area (Å²) in [6.45, 7) is 1.39. The Bertz CT molecular complexity index is 1310. The molecule has 0 saturated heterocycles. The van der Waals surface area contributed by atoms with Gasteiger partial charge < -0.3 is 15.1 Å². The van der Waals surface area contributed by atoms with Crippen molar-refractivity contribution in [3.63, 3.8) is 0 Å². The van der Waals surface area contributed by atoms with E-state index < -0.39 is 27.9 Å². The fourth-order valence-corrected chi connectivity index (χ4v) is 7.63. The molecule has 1 saturated carbocycles. The van der Waals surface area contributed by atoms with Crippen molar-refractivity contribution in [1.29, 1.82) is 0 Å². The summed E-state index contributed by atoms with van der Waals surface area (Å²) < 4.78 is 27.7. The fraction of sp³-hybridized carbons (Fsp3) is 0.500. The number of urea groups is 1. The number of carbonyl (C=O) groups excluding carboxylic acids is 3. The standard InChI is InChI=1S/C26H35N5O5S2/c1-29(2)26(34)28-24(33)22-20-14-15-30(3)16-21(20)37-25(22)27-23(32)17-10-12-19(13-11-17)38(35,36)31(4)18-8-6-5-7-9-18/h10-13,18H,5-9,14-16H2,1-4H3,(H,27,32)(H,28,33,34). The van der Waals surface area contributed by atoms with Gasteiger partial charge in [0.15, 0.2) is 0 Å². The van der Waals surface area contributed by atoms with E-state index in [0.717, 1.165) is 49.1 Å². The van der Waals surface area contributed by atoms with E-state index in [1.165, 1.54) is 44.8 Å². The number of nitrogens with zero attached hydrogens (tertiary/aromatic N) is 3. The van der Waals surface area contributed by atoms with E-state index >= 15 is 0 Å². The third-order valence-electron chi connectivity index (χ3n) is 7.21. The summed E-state index contributed by atoms with van der Waals surface area (Å²) >= 11 is 1.32. The van der Waals surface area contributed by atoms with Crippen LogP contribution in [0.25, 0.3) is 0 Å². The molecular formula is C26H35N5O5S2. The van der Waals surface area contributed by atoms with Crippen molar-refractivity contribution < 1.29 is 22.8 Å². The predicted molar refractivity (Wildman–Crippen MR) is 147 cm³/mol. The largest absolute Gasteiger partial charge is 0.331 e. The van der Waals surface area contributed by atoms with E-state index in [4.69, 9.17) is 0 Å². The fourth-order valence-electron chi connectivity index (χ4n) is 4.89. The number of hydrogen-bond donors (Lipinski definition) is 2. The lowest BCUT2D eigenvalue weighted by Gasteiger charge is -2.30. The smallest absolute Gasteiger partial charge is 0.323 e. The molecule has 4 rings (SSSR count). The molecule has 0 bridgehead atoms. The van der Waals surface area contributed by atoms with Gasteiger partial charge in [0.1, 0.15) is 5.00 Å². The van der Waals surface area contributed by atoms with E-state index in [1.807, 2.05) is 7.05 Å². The van der Waals surface area contributed by atoms with Crippen LogP contribution < -0.4 is 10.6 Å². The second kappa shape index (κ2) is 11.5. The second-order valence-electron chi connectivity index (χ2n) is 10.1. The third kappa shape index (κ3) is 5.93. The van der Waals surface area contributed by atoms with Gasteiger partial charge in [0, 0.05) is 50.7 Å². The number of hydrogen-bond acceptors (Lipinski definition) is 7. The summed E-state index contributed by atoms with van der Waals surface area (Å²) in [5.74, 6) is -1.03. The maximum atomic E-state index is 13.2. The molecule has 206 valence electrons. The Morgan fingerprint density at radius 1 is 1.00 bits per heavy atom. The highest BCUT2D eigenvalue weighted by atomic mass is 32.2. The number of fused-ring (bicyclic) bond motifs is 1. The highest BCUT2D eigenvalue weighted by molar-refractivity contribution is 7.89. The van der Waals surface area contributed by atoms with Gasteiger partial charge in [-0.3, -0.25) is 14.9 Å². The molecule has 2 heterocycles. The van der Waals surface area contributed by atoms with E-state index in [2.05, 4.69) is 15.5 Å².